The first-order valence-electron chi connectivity index (χ1n) is 9.88. The zero-order chi connectivity index (χ0) is 21.4. The maximum absolute atomic E-state index is 12.5. The van der Waals surface area contributed by atoms with Crippen LogP contribution in [0.15, 0.2) is 39.5 Å². The van der Waals surface area contributed by atoms with Gasteiger partial charge in [-0.15, -0.1) is 0 Å². The highest BCUT2D eigenvalue weighted by Crippen LogP contribution is 2.38. The van der Waals surface area contributed by atoms with Gasteiger partial charge in [0.2, 0.25) is 5.78 Å². The van der Waals surface area contributed by atoms with Gasteiger partial charge in [0.25, 0.3) is 0 Å². The van der Waals surface area contributed by atoms with Crippen molar-refractivity contribution >= 4 is 22.7 Å². The SMILES string of the molecule is Cc1cc(=O)oc2cc(OCC(=O)OCC(=O)c3cc(C)n(C4CC4)c3C)ccc12. The van der Waals surface area contributed by atoms with Crippen molar-refractivity contribution in [2.24, 2.45) is 0 Å². The van der Waals surface area contributed by atoms with Crippen LogP contribution in [0, 0.1) is 20.8 Å². The summed E-state index contributed by atoms with van der Waals surface area (Å²) >= 11 is 0. The second kappa shape index (κ2) is 7.82. The van der Waals surface area contributed by atoms with Crippen LogP contribution in [0.1, 0.15) is 46.2 Å². The molecule has 0 N–H and O–H groups in total. The number of aryl methyl sites for hydroxylation is 2. The molecule has 1 fully saturated rings. The van der Waals surface area contributed by atoms with E-state index in [1.165, 1.54) is 6.07 Å². The minimum Gasteiger partial charge on any atom is -0.482 e. The van der Waals surface area contributed by atoms with Crippen molar-refractivity contribution in [3.05, 3.63) is 63.3 Å². The zero-order valence-electron chi connectivity index (χ0n) is 17.2. The van der Waals surface area contributed by atoms with Gasteiger partial charge in [0.1, 0.15) is 11.3 Å². The topological polar surface area (TPSA) is 87.7 Å². The highest BCUT2D eigenvalue weighted by atomic mass is 16.6. The van der Waals surface area contributed by atoms with Crippen molar-refractivity contribution in [2.75, 3.05) is 13.2 Å². The lowest BCUT2D eigenvalue weighted by Gasteiger charge is -2.09. The number of fused-ring (bicyclic) bond motifs is 1. The van der Waals surface area contributed by atoms with Crippen LogP contribution in [0.2, 0.25) is 0 Å². The van der Waals surface area contributed by atoms with E-state index in [-0.39, 0.29) is 19.0 Å². The highest BCUT2D eigenvalue weighted by Gasteiger charge is 2.28. The van der Waals surface area contributed by atoms with Crippen molar-refractivity contribution in [1.82, 2.24) is 4.57 Å². The molecule has 0 spiro atoms. The predicted molar refractivity (Wildman–Crippen MR) is 110 cm³/mol. The van der Waals surface area contributed by atoms with E-state index in [1.54, 1.807) is 18.2 Å². The third-order valence-corrected chi connectivity index (χ3v) is 5.34. The Balaban J connectivity index is 1.34. The number of aromatic nitrogens is 1. The second-order valence-corrected chi connectivity index (χ2v) is 7.66. The van der Waals surface area contributed by atoms with Crippen LogP contribution in [0.3, 0.4) is 0 Å². The molecule has 156 valence electrons. The molecule has 1 aromatic carbocycles. The van der Waals surface area contributed by atoms with Gasteiger partial charge in [-0.05, 0) is 57.4 Å². The summed E-state index contributed by atoms with van der Waals surface area (Å²) in [5.74, 6) is -0.510. The molecule has 1 saturated carbocycles. The van der Waals surface area contributed by atoms with Crippen molar-refractivity contribution in [1.29, 1.82) is 0 Å². The van der Waals surface area contributed by atoms with Gasteiger partial charge < -0.3 is 18.5 Å². The summed E-state index contributed by atoms with van der Waals surface area (Å²) in [4.78, 5) is 36.0. The van der Waals surface area contributed by atoms with E-state index in [9.17, 15) is 14.4 Å². The van der Waals surface area contributed by atoms with Gasteiger partial charge >= 0.3 is 11.6 Å². The van der Waals surface area contributed by atoms with Gasteiger partial charge in [0.05, 0.1) is 0 Å². The fourth-order valence-electron chi connectivity index (χ4n) is 3.76. The van der Waals surface area contributed by atoms with E-state index in [4.69, 9.17) is 13.9 Å². The molecule has 4 rings (SSSR count). The van der Waals surface area contributed by atoms with Crippen LogP contribution in [-0.4, -0.2) is 29.5 Å². The lowest BCUT2D eigenvalue weighted by Crippen LogP contribution is -2.20. The molecular weight excluding hydrogens is 386 g/mol. The molecule has 3 aromatic rings. The third kappa shape index (κ3) is 4.01. The number of esters is 1. The largest absolute Gasteiger partial charge is 0.482 e. The maximum atomic E-state index is 12.5. The quantitative estimate of drug-likeness (QED) is 0.336. The molecule has 2 heterocycles. The molecule has 7 nitrogen and oxygen atoms in total. The number of nitrogens with zero attached hydrogens (tertiary/aromatic N) is 1. The summed E-state index contributed by atoms with van der Waals surface area (Å²) in [6.07, 6.45) is 2.27. The smallest absolute Gasteiger partial charge is 0.344 e. The normalized spacial score (nSPS) is 13.4. The zero-order valence-corrected chi connectivity index (χ0v) is 17.2. The minimum absolute atomic E-state index is 0.230. The summed E-state index contributed by atoms with van der Waals surface area (Å²) in [6.45, 7) is 5.04. The fourth-order valence-corrected chi connectivity index (χ4v) is 3.76. The van der Waals surface area contributed by atoms with Gasteiger partial charge in [-0.2, -0.15) is 0 Å². The Hall–Kier alpha value is -3.35. The number of ether oxygens (including phenoxy) is 2. The summed E-state index contributed by atoms with van der Waals surface area (Å²) in [5.41, 5.74) is 3.29. The van der Waals surface area contributed by atoms with E-state index in [0.717, 1.165) is 35.2 Å². The molecule has 0 amide bonds. The fraction of sp³-hybridized carbons (Fsp3) is 0.348. The van der Waals surface area contributed by atoms with E-state index < -0.39 is 11.6 Å². The third-order valence-electron chi connectivity index (χ3n) is 5.34. The van der Waals surface area contributed by atoms with Crippen LogP contribution in [0.5, 0.6) is 5.75 Å². The number of carbonyl (C=O) groups excluding carboxylic acids is 2. The summed E-state index contributed by atoms with van der Waals surface area (Å²) < 4.78 is 17.9. The molecule has 0 unspecified atom stereocenters. The number of carbonyl (C=O) groups is 2. The van der Waals surface area contributed by atoms with Crippen molar-refractivity contribution in [3.8, 4) is 5.75 Å². The Kier molecular flexibility index (Phi) is 5.20. The lowest BCUT2D eigenvalue weighted by atomic mass is 10.1. The minimum atomic E-state index is -0.648. The molecule has 0 bridgehead atoms. The van der Waals surface area contributed by atoms with Crippen molar-refractivity contribution < 1.29 is 23.5 Å². The highest BCUT2D eigenvalue weighted by molar-refractivity contribution is 5.99. The van der Waals surface area contributed by atoms with Crippen molar-refractivity contribution in [3.63, 3.8) is 0 Å². The first kappa shape index (κ1) is 19.9. The van der Waals surface area contributed by atoms with E-state index in [0.29, 0.717) is 22.9 Å². The van der Waals surface area contributed by atoms with Gasteiger partial charge in [0, 0.05) is 40.5 Å². The Morgan fingerprint density at radius 3 is 2.60 bits per heavy atom. The average molecular weight is 409 g/mol. The number of benzene rings is 1. The second-order valence-electron chi connectivity index (χ2n) is 7.66. The number of ketones is 1. The summed E-state index contributed by atoms with van der Waals surface area (Å²) in [6, 6.07) is 8.74. The van der Waals surface area contributed by atoms with Crippen molar-refractivity contribution in [2.45, 2.75) is 39.7 Å². The van der Waals surface area contributed by atoms with Crippen LogP contribution in [0.4, 0.5) is 0 Å². The number of hydrogen-bond donors (Lipinski definition) is 0. The molecule has 30 heavy (non-hydrogen) atoms. The Morgan fingerprint density at radius 2 is 1.87 bits per heavy atom. The Bertz CT molecular complexity index is 1200. The summed E-state index contributed by atoms with van der Waals surface area (Å²) in [7, 11) is 0. The van der Waals surface area contributed by atoms with Gasteiger partial charge in [-0.1, -0.05) is 0 Å². The standard InChI is InChI=1S/C23H23NO6/c1-13-8-22(26)30-21-10-17(6-7-18(13)21)28-12-23(27)29-11-20(25)19-9-14(2)24(15(19)3)16-4-5-16/h6-10,16H,4-5,11-12H2,1-3H3. The molecule has 7 heteroatoms. The van der Waals surface area contributed by atoms with Gasteiger partial charge in [0.15, 0.2) is 13.2 Å². The first-order chi connectivity index (χ1) is 14.3. The average Bonchev–Trinajstić information content (AvgIpc) is 3.48. The molecule has 0 radical (unpaired) electrons. The Morgan fingerprint density at radius 1 is 1.10 bits per heavy atom. The monoisotopic (exact) mass is 409 g/mol. The van der Waals surface area contributed by atoms with Crippen LogP contribution in [-0.2, 0) is 9.53 Å². The van der Waals surface area contributed by atoms with E-state index in [2.05, 4.69) is 4.57 Å². The molecular formula is C23H23NO6. The molecule has 1 aliphatic rings. The van der Waals surface area contributed by atoms with Gasteiger partial charge in [-0.25, -0.2) is 9.59 Å². The van der Waals surface area contributed by atoms with Crippen LogP contribution < -0.4 is 10.4 Å². The van der Waals surface area contributed by atoms with Crippen LogP contribution in [0.25, 0.3) is 11.0 Å². The molecule has 0 atom stereocenters. The maximum Gasteiger partial charge on any atom is 0.344 e. The first-order valence-corrected chi connectivity index (χ1v) is 9.88. The van der Waals surface area contributed by atoms with E-state index in [1.807, 2.05) is 26.8 Å². The Labute approximate surface area is 173 Å². The molecule has 1 aliphatic carbocycles. The van der Waals surface area contributed by atoms with Crippen LogP contribution >= 0.6 is 0 Å². The summed E-state index contributed by atoms with van der Waals surface area (Å²) in [5, 5.41) is 0.791. The predicted octanol–water partition coefficient (Wildman–Crippen LogP) is 3.66. The van der Waals surface area contributed by atoms with E-state index >= 15 is 0 Å². The lowest BCUT2D eigenvalue weighted by molar-refractivity contribution is -0.144. The number of Topliss-reactive ketones (excluding diaryl/α,β-unsaturated/α-hetero) is 1. The van der Waals surface area contributed by atoms with Gasteiger partial charge in [-0.3, -0.25) is 4.79 Å². The molecule has 0 saturated heterocycles. The number of rotatable bonds is 7. The molecule has 2 aromatic heterocycles. The number of hydrogen-bond acceptors (Lipinski definition) is 6. The molecule has 0 aliphatic heterocycles.